The van der Waals surface area contributed by atoms with Crippen LogP contribution in [-0.2, 0) is 4.79 Å². The Morgan fingerprint density at radius 2 is 1.96 bits per heavy atom. The van der Waals surface area contributed by atoms with Crippen LogP contribution in [0.5, 0.6) is 5.75 Å². The molecule has 1 amide bonds. The van der Waals surface area contributed by atoms with E-state index in [0.717, 1.165) is 41.3 Å². The molecule has 2 aromatic carbocycles. The lowest BCUT2D eigenvalue weighted by molar-refractivity contribution is -0.118. The van der Waals surface area contributed by atoms with Crippen LogP contribution in [0.25, 0.3) is 16.8 Å². The molecule has 140 valence electrons. The molecule has 1 saturated carbocycles. The zero-order chi connectivity index (χ0) is 19.2. The summed E-state index contributed by atoms with van der Waals surface area (Å²) in [5, 5.41) is 14.6. The van der Waals surface area contributed by atoms with Gasteiger partial charge in [-0.1, -0.05) is 50.1 Å². The quantitative estimate of drug-likeness (QED) is 0.611. The minimum atomic E-state index is -0.283. The molecule has 0 aliphatic heterocycles. The van der Waals surface area contributed by atoms with Crippen LogP contribution < -0.4 is 10.1 Å². The molecule has 1 N–H and O–H groups in total. The Morgan fingerprint density at radius 3 is 2.67 bits per heavy atom. The van der Waals surface area contributed by atoms with Crippen LogP contribution in [0, 0.1) is 17.2 Å². The number of ether oxygens (including phenoxy) is 1. The minimum Gasteiger partial charge on any atom is -0.493 e. The number of amides is 1. The minimum absolute atomic E-state index is 0.141. The number of hydrogen-bond acceptors (Lipinski definition) is 3. The highest BCUT2D eigenvalue weighted by Crippen LogP contribution is 2.30. The molecular formula is C23H26N2O2. The molecule has 0 unspecified atom stereocenters. The van der Waals surface area contributed by atoms with Gasteiger partial charge in [0.15, 0.2) is 0 Å². The SMILES string of the molecule is CCOc1ccc(/C=C(\C#N)C(=O)N[C@H]2CCCC[C@@H]2C)c2ccccc12. The predicted octanol–water partition coefficient (Wildman–Crippen LogP) is 4.84. The molecule has 0 heterocycles. The molecule has 4 nitrogen and oxygen atoms in total. The van der Waals surface area contributed by atoms with E-state index in [4.69, 9.17) is 4.74 Å². The lowest BCUT2D eigenvalue weighted by Crippen LogP contribution is -2.41. The average Bonchev–Trinajstić information content (AvgIpc) is 2.69. The van der Waals surface area contributed by atoms with E-state index in [9.17, 15) is 10.1 Å². The van der Waals surface area contributed by atoms with E-state index >= 15 is 0 Å². The highest BCUT2D eigenvalue weighted by Gasteiger charge is 2.24. The van der Waals surface area contributed by atoms with Gasteiger partial charge < -0.3 is 10.1 Å². The van der Waals surface area contributed by atoms with Gasteiger partial charge in [0.2, 0.25) is 0 Å². The van der Waals surface area contributed by atoms with Gasteiger partial charge >= 0.3 is 0 Å². The van der Waals surface area contributed by atoms with Gasteiger partial charge in [-0.05, 0) is 48.8 Å². The van der Waals surface area contributed by atoms with Crippen LogP contribution in [0.3, 0.4) is 0 Å². The van der Waals surface area contributed by atoms with Gasteiger partial charge in [-0.15, -0.1) is 0 Å². The van der Waals surface area contributed by atoms with E-state index in [1.165, 1.54) is 6.42 Å². The molecule has 3 rings (SSSR count). The largest absolute Gasteiger partial charge is 0.493 e. The molecule has 1 aliphatic carbocycles. The number of carbonyl (C=O) groups excluding carboxylic acids is 1. The third-order valence-corrected chi connectivity index (χ3v) is 5.31. The number of nitrogens with zero attached hydrogens (tertiary/aromatic N) is 1. The number of benzene rings is 2. The summed E-state index contributed by atoms with van der Waals surface area (Å²) in [6, 6.07) is 13.9. The summed E-state index contributed by atoms with van der Waals surface area (Å²) in [4.78, 5) is 12.7. The smallest absolute Gasteiger partial charge is 0.262 e. The van der Waals surface area contributed by atoms with Gasteiger partial charge in [0, 0.05) is 11.4 Å². The van der Waals surface area contributed by atoms with Gasteiger partial charge in [-0.2, -0.15) is 5.26 Å². The molecule has 1 fully saturated rings. The van der Waals surface area contributed by atoms with Gasteiger partial charge in [-0.25, -0.2) is 0 Å². The number of nitriles is 1. The fraction of sp³-hybridized carbons (Fsp3) is 0.391. The Labute approximate surface area is 160 Å². The fourth-order valence-corrected chi connectivity index (χ4v) is 3.78. The topological polar surface area (TPSA) is 62.1 Å². The first-order valence-electron chi connectivity index (χ1n) is 9.71. The van der Waals surface area contributed by atoms with Crippen LogP contribution in [0.1, 0.15) is 45.1 Å². The van der Waals surface area contributed by atoms with Crippen molar-refractivity contribution in [2.45, 2.75) is 45.6 Å². The first-order valence-corrected chi connectivity index (χ1v) is 9.71. The second-order valence-electron chi connectivity index (χ2n) is 7.14. The second-order valence-corrected chi connectivity index (χ2v) is 7.14. The summed E-state index contributed by atoms with van der Waals surface area (Å²) in [5.41, 5.74) is 0.986. The van der Waals surface area contributed by atoms with Crippen molar-refractivity contribution in [3.8, 4) is 11.8 Å². The van der Waals surface area contributed by atoms with E-state index in [0.29, 0.717) is 12.5 Å². The Bertz CT molecular complexity index is 895. The number of nitrogens with one attached hydrogen (secondary N) is 1. The Balaban J connectivity index is 1.90. The molecule has 27 heavy (non-hydrogen) atoms. The molecule has 0 saturated heterocycles. The van der Waals surface area contributed by atoms with E-state index in [2.05, 4.69) is 18.3 Å². The molecule has 0 bridgehead atoms. The van der Waals surface area contributed by atoms with Gasteiger partial charge in [0.25, 0.3) is 5.91 Å². The molecule has 1 aliphatic rings. The van der Waals surface area contributed by atoms with Gasteiger partial charge in [-0.3, -0.25) is 4.79 Å². The lowest BCUT2D eigenvalue weighted by atomic mass is 9.86. The average molecular weight is 362 g/mol. The number of carbonyl (C=O) groups is 1. The van der Waals surface area contributed by atoms with Crippen LogP contribution in [-0.4, -0.2) is 18.6 Å². The second kappa shape index (κ2) is 8.73. The normalized spacial score (nSPS) is 20.1. The zero-order valence-electron chi connectivity index (χ0n) is 16.0. The Hall–Kier alpha value is -2.80. The van der Waals surface area contributed by atoms with Crippen molar-refractivity contribution < 1.29 is 9.53 Å². The van der Waals surface area contributed by atoms with Crippen molar-refractivity contribution in [3.63, 3.8) is 0 Å². The number of rotatable bonds is 5. The third-order valence-electron chi connectivity index (χ3n) is 5.31. The van der Waals surface area contributed by atoms with Gasteiger partial charge in [0.05, 0.1) is 6.61 Å². The highest BCUT2D eigenvalue weighted by atomic mass is 16.5. The number of hydrogen-bond donors (Lipinski definition) is 1. The van der Waals surface area contributed by atoms with E-state index < -0.39 is 0 Å². The standard InChI is InChI=1S/C23H26N2O2/c1-3-27-22-13-12-17(19-9-5-6-10-20(19)22)14-18(15-24)23(26)25-21-11-7-4-8-16(21)2/h5-6,9-10,12-14,16,21H,3-4,7-8,11H2,1-2H3,(H,25,26)/b18-14+/t16-,21-/m0/s1. The maximum Gasteiger partial charge on any atom is 0.262 e. The van der Waals surface area contributed by atoms with Crippen molar-refractivity contribution in [2.24, 2.45) is 5.92 Å². The maximum absolute atomic E-state index is 12.7. The monoisotopic (exact) mass is 362 g/mol. The fourth-order valence-electron chi connectivity index (χ4n) is 3.78. The van der Waals surface area contributed by atoms with Crippen molar-refractivity contribution in [3.05, 3.63) is 47.5 Å². The van der Waals surface area contributed by atoms with Crippen LogP contribution >= 0.6 is 0 Å². The molecule has 0 radical (unpaired) electrons. The summed E-state index contributed by atoms with van der Waals surface area (Å²) in [6.07, 6.45) is 6.13. The summed E-state index contributed by atoms with van der Waals surface area (Å²) in [7, 11) is 0. The molecule has 0 aromatic heterocycles. The molecule has 4 heteroatoms. The predicted molar refractivity (Wildman–Crippen MR) is 108 cm³/mol. The summed E-state index contributed by atoms with van der Waals surface area (Å²) >= 11 is 0. The number of fused-ring (bicyclic) bond motifs is 1. The third kappa shape index (κ3) is 4.31. The first kappa shape index (κ1) is 19.0. The van der Waals surface area contributed by atoms with E-state index in [1.54, 1.807) is 6.08 Å². The Kier molecular flexibility index (Phi) is 6.13. The van der Waals surface area contributed by atoms with Crippen LogP contribution in [0.4, 0.5) is 0 Å². The van der Waals surface area contributed by atoms with Gasteiger partial charge in [0.1, 0.15) is 17.4 Å². The zero-order valence-corrected chi connectivity index (χ0v) is 16.0. The van der Waals surface area contributed by atoms with E-state index in [1.807, 2.05) is 43.3 Å². The summed E-state index contributed by atoms with van der Waals surface area (Å²) < 4.78 is 5.70. The van der Waals surface area contributed by atoms with Crippen LogP contribution in [0.2, 0.25) is 0 Å². The van der Waals surface area contributed by atoms with Crippen LogP contribution in [0.15, 0.2) is 42.0 Å². The highest BCUT2D eigenvalue weighted by molar-refractivity contribution is 6.04. The summed E-state index contributed by atoms with van der Waals surface area (Å²) in [6.45, 7) is 4.71. The van der Waals surface area contributed by atoms with Crippen molar-refractivity contribution >= 4 is 22.8 Å². The van der Waals surface area contributed by atoms with Crippen molar-refractivity contribution in [1.82, 2.24) is 5.32 Å². The molecule has 2 aromatic rings. The van der Waals surface area contributed by atoms with Crippen molar-refractivity contribution in [1.29, 1.82) is 5.26 Å². The van der Waals surface area contributed by atoms with E-state index in [-0.39, 0.29) is 17.5 Å². The first-order chi connectivity index (χ1) is 13.1. The molecule has 0 spiro atoms. The molecule has 2 atom stereocenters. The maximum atomic E-state index is 12.7. The lowest BCUT2D eigenvalue weighted by Gasteiger charge is -2.29. The Morgan fingerprint density at radius 1 is 1.22 bits per heavy atom. The molecular weight excluding hydrogens is 336 g/mol. The summed E-state index contributed by atoms with van der Waals surface area (Å²) in [5.74, 6) is 0.979. The van der Waals surface area contributed by atoms with Crippen molar-refractivity contribution in [2.75, 3.05) is 6.61 Å².